The van der Waals surface area contributed by atoms with Crippen LogP contribution in [-0.2, 0) is 16.1 Å². The Balaban J connectivity index is 1.58. The minimum Gasteiger partial charge on any atom is -0.341 e. The molecule has 2 atom stereocenters. The largest absolute Gasteiger partial charge is 0.341 e. The Bertz CT molecular complexity index is 877. The number of aromatic nitrogens is 1. The molecule has 1 aliphatic heterocycles. The van der Waals surface area contributed by atoms with Crippen LogP contribution in [0.25, 0.3) is 10.2 Å². The van der Waals surface area contributed by atoms with Gasteiger partial charge in [0.15, 0.2) is 4.80 Å². The van der Waals surface area contributed by atoms with Crippen LogP contribution in [0, 0.1) is 11.8 Å². The first-order valence-electron chi connectivity index (χ1n) is 9.49. The van der Waals surface area contributed by atoms with Gasteiger partial charge in [0.05, 0.1) is 21.7 Å². The number of carbonyl (C=O) groups is 2. The van der Waals surface area contributed by atoms with Gasteiger partial charge >= 0.3 is 0 Å². The molecule has 1 saturated heterocycles. The Hall–Kier alpha value is -1.60. The summed E-state index contributed by atoms with van der Waals surface area (Å²) in [6.07, 6.45) is 1.18. The van der Waals surface area contributed by atoms with Gasteiger partial charge < -0.3 is 9.47 Å². The zero-order valence-corrected chi connectivity index (χ0v) is 17.8. The molecule has 1 fully saturated rings. The maximum Gasteiger partial charge on any atom is 0.258 e. The van der Waals surface area contributed by atoms with Gasteiger partial charge in [-0.1, -0.05) is 37.3 Å². The van der Waals surface area contributed by atoms with Crippen LogP contribution in [0.1, 0.15) is 27.2 Å². The number of carbonyl (C=O) groups excluding carboxylic acids is 2. The van der Waals surface area contributed by atoms with E-state index in [-0.39, 0.29) is 17.6 Å². The summed E-state index contributed by atoms with van der Waals surface area (Å²) in [5.74, 6) is 1.65. The standard InChI is InChI=1S/C20H27N3O2S2/c1-4-23-16-7-5-6-8-17(16)27-20(23)21-18(24)12-26-13-19(25)22-10-14(2)9-15(3)11-22/h5-8,14-15H,4,9-13H2,1-3H3. The molecule has 0 N–H and O–H groups in total. The smallest absolute Gasteiger partial charge is 0.258 e. The van der Waals surface area contributed by atoms with Crippen LogP contribution in [0.3, 0.4) is 0 Å². The average Bonchev–Trinajstić information content (AvgIpc) is 2.97. The van der Waals surface area contributed by atoms with Crippen LogP contribution in [0.15, 0.2) is 29.3 Å². The minimum absolute atomic E-state index is 0.136. The molecule has 2 aromatic rings. The van der Waals surface area contributed by atoms with Crippen LogP contribution in [-0.4, -0.2) is 45.9 Å². The van der Waals surface area contributed by atoms with Gasteiger partial charge in [-0.25, -0.2) is 0 Å². The molecule has 1 aromatic carbocycles. The third kappa shape index (κ3) is 5.02. The number of nitrogens with zero attached hydrogens (tertiary/aromatic N) is 3. The Labute approximate surface area is 168 Å². The number of hydrogen-bond donors (Lipinski definition) is 0. The molecule has 2 heterocycles. The van der Waals surface area contributed by atoms with E-state index in [0.29, 0.717) is 17.6 Å². The lowest BCUT2D eigenvalue weighted by Gasteiger charge is -2.35. The summed E-state index contributed by atoms with van der Waals surface area (Å²) >= 11 is 2.90. The third-order valence-electron chi connectivity index (χ3n) is 4.80. The highest BCUT2D eigenvalue weighted by molar-refractivity contribution is 8.00. The van der Waals surface area contributed by atoms with Gasteiger partial charge in [-0.3, -0.25) is 9.59 Å². The second-order valence-corrected chi connectivity index (χ2v) is 9.33. The highest BCUT2D eigenvalue weighted by Crippen LogP contribution is 2.21. The summed E-state index contributed by atoms with van der Waals surface area (Å²) in [5, 5.41) is 0. The van der Waals surface area contributed by atoms with Crippen LogP contribution < -0.4 is 4.80 Å². The molecule has 5 nitrogen and oxygen atoms in total. The Morgan fingerprint density at radius 3 is 2.59 bits per heavy atom. The zero-order valence-electron chi connectivity index (χ0n) is 16.2. The molecule has 2 amide bonds. The van der Waals surface area contributed by atoms with Gasteiger partial charge in [0.25, 0.3) is 5.91 Å². The van der Waals surface area contributed by atoms with Gasteiger partial charge in [0.1, 0.15) is 0 Å². The summed E-state index contributed by atoms with van der Waals surface area (Å²) in [6, 6.07) is 8.08. The van der Waals surface area contributed by atoms with Crippen molar-refractivity contribution in [3.05, 3.63) is 29.1 Å². The summed E-state index contributed by atoms with van der Waals surface area (Å²) in [6.45, 7) is 8.88. The number of piperidine rings is 1. The van der Waals surface area contributed by atoms with Crippen molar-refractivity contribution >= 4 is 45.1 Å². The fourth-order valence-electron chi connectivity index (χ4n) is 3.73. The fraction of sp³-hybridized carbons (Fsp3) is 0.550. The molecule has 0 spiro atoms. The Kier molecular flexibility index (Phi) is 6.76. The van der Waals surface area contributed by atoms with E-state index in [1.54, 1.807) is 0 Å². The highest BCUT2D eigenvalue weighted by atomic mass is 32.2. The zero-order chi connectivity index (χ0) is 19.4. The van der Waals surface area contributed by atoms with Crippen molar-refractivity contribution in [2.24, 2.45) is 16.8 Å². The Morgan fingerprint density at radius 2 is 1.89 bits per heavy atom. The number of aryl methyl sites for hydroxylation is 1. The number of rotatable bonds is 5. The van der Waals surface area contributed by atoms with E-state index in [1.807, 2.05) is 29.2 Å². The molecular weight excluding hydrogens is 378 g/mol. The number of amides is 2. The highest BCUT2D eigenvalue weighted by Gasteiger charge is 2.25. The van der Waals surface area contributed by atoms with E-state index >= 15 is 0 Å². The van der Waals surface area contributed by atoms with Crippen molar-refractivity contribution < 1.29 is 9.59 Å². The molecule has 0 saturated carbocycles. The van der Waals surface area contributed by atoms with Crippen LogP contribution in [0.5, 0.6) is 0 Å². The van der Waals surface area contributed by atoms with Crippen LogP contribution in [0.4, 0.5) is 0 Å². The normalized spacial score (nSPS) is 21.0. The lowest BCUT2D eigenvalue weighted by Crippen LogP contribution is -2.43. The van der Waals surface area contributed by atoms with Gasteiger partial charge in [-0.05, 0) is 37.3 Å². The molecule has 0 bridgehead atoms. The van der Waals surface area contributed by atoms with E-state index in [0.717, 1.165) is 34.7 Å². The number of hydrogen-bond acceptors (Lipinski definition) is 4. The summed E-state index contributed by atoms with van der Waals surface area (Å²) in [4.78, 5) is 31.7. The maximum absolute atomic E-state index is 12.4. The molecule has 27 heavy (non-hydrogen) atoms. The third-order valence-corrected chi connectivity index (χ3v) is 6.76. The van der Waals surface area contributed by atoms with E-state index in [9.17, 15) is 9.59 Å². The first-order valence-corrected chi connectivity index (χ1v) is 11.5. The van der Waals surface area contributed by atoms with E-state index in [2.05, 4.69) is 30.3 Å². The number of benzene rings is 1. The molecule has 0 aliphatic carbocycles. The molecule has 0 radical (unpaired) electrons. The molecule has 1 aromatic heterocycles. The van der Waals surface area contributed by atoms with Crippen LogP contribution in [0.2, 0.25) is 0 Å². The van der Waals surface area contributed by atoms with Crippen molar-refractivity contribution in [2.45, 2.75) is 33.7 Å². The van der Waals surface area contributed by atoms with Gasteiger partial charge in [-0.15, -0.1) is 11.8 Å². The SMILES string of the molecule is CCn1c(=NC(=O)CSCC(=O)N2CC(C)CC(C)C2)sc2ccccc21. The number of fused-ring (bicyclic) bond motifs is 1. The summed E-state index contributed by atoms with van der Waals surface area (Å²) in [5.41, 5.74) is 1.10. The fourth-order valence-corrected chi connectivity index (χ4v) is 5.54. The van der Waals surface area contributed by atoms with Gasteiger partial charge in [-0.2, -0.15) is 4.99 Å². The number of thioether (sulfide) groups is 1. The molecule has 7 heteroatoms. The minimum atomic E-state index is -0.179. The van der Waals surface area contributed by atoms with Crippen molar-refractivity contribution in [1.29, 1.82) is 0 Å². The van der Waals surface area contributed by atoms with E-state index in [4.69, 9.17) is 0 Å². The van der Waals surface area contributed by atoms with Crippen molar-refractivity contribution in [2.75, 3.05) is 24.6 Å². The first-order chi connectivity index (χ1) is 13.0. The van der Waals surface area contributed by atoms with Gasteiger partial charge in [0.2, 0.25) is 5.91 Å². The monoisotopic (exact) mass is 405 g/mol. The topological polar surface area (TPSA) is 54.7 Å². The predicted octanol–water partition coefficient (Wildman–Crippen LogP) is 3.39. The lowest BCUT2D eigenvalue weighted by atomic mass is 9.92. The van der Waals surface area contributed by atoms with Crippen molar-refractivity contribution in [3.8, 4) is 0 Å². The van der Waals surface area contributed by atoms with Gasteiger partial charge in [0, 0.05) is 19.6 Å². The quantitative estimate of drug-likeness (QED) is 0.766. The summed E-state index contributed by atoms with van der Waals surface area (Å²) in [7, 11) is 0. The summed E-state index contributed by atoms with van der Waals surface area (Å²) < 4.78 is 3.19. The second-order valence-electron chi connectivity index (χ2n) is 7.34. The number of thiazole rings is 1. The van der Waals surface area contributed by atoms with Crippen molar-refractivity contribution in [1.82, 2.24) is 9.47 Å². The second kappa shape index (κ2) is 9.06. The Morgan fingerprint density at radius 1 is 1.19 bits per heavy atom. The van der Waals surface area contributed by atoms with E-state index < -0.39 is 0 Å². The number of likely N-dealkylation sites (tertiary alicyclic amines) is 1. The number of para-hydroxylation sites is 1. The molecule has 3 rings (SSSR count). The molecular formula is C20H27N3O2S2. The predicted molar refractivity (Wildman–Crippen MR) is 113 cm³/mol. The molecule has 2 unspecified atom stereocenters. The van der Waals surface area contributed by atoms with Crippen LogP contribution >= 0.6 is 23.1 Å². The van der Waals surface area contributed by atoms with Crippen molar-refractivity contribution in [3.63, 3.8) is 0 Å². The average molecular weight is 406 g/mol. The lowest BCUT2D eigenvalue weighted by molar-refractivity contribution is -0.130. The maximum atomic E-state index is 12.4. The van der Waals surface area contributed by atoms with E-state index in [1.165, 1.54) is 29.5 Å². The molecule has 1 aliphatic rings. The first kappa shape index (κ1) is 20.1. The molecule has 146 valence electrons.